The second-order valence-electron chi connectivity index (χ2n) is 6.45. The Bertz CT molecular complexity index is 1390. The highest BCUT2D eigenvalue weighted by Crippen LogP contribution is 2.19. The van der Waals surface area contributed by atoms with Crippen molar-refractivity contribution < 1.29 is 26.1 Å². The molecule has 0 aliphatic heterocycles. The standard InChI is InChI=1S/C17H17N6O2.CH4O4S/c1-4-14-11(2)19-23(20-14)13-6-5-12-7-15(17(24)25-16(12)8-13)22-10-21(3)9-18-22;1-5-6(2,3)4/h5-10H,4H2,1-3H3;1H3,(H,2,3,4)/q+1;/p-1. The average molecular weight is 448 g/mol. The first-order chi connectivity index (χ1) is 14.6. The molecule has 4 rings (SSSR count). The van der Waals surface area contributed by atoms with Crippen molar-refractivity contribution in [2.45, 2.75) is 20.3 Å². The fourth-order valence-electron chi connectivity index (χ4n) is 2.72. The number of nitrogens with zero attached hydrogens (tertiary/aromatic N) is 6. The molecule has 0 atom stereocenters. The van der Waals surface area contributed by atoms with Gasteiger partial charge in [-0.2, -0.15) is 15.0 Å². The molecule has 0 amide bonds. The first kappa shape index (κ1) is 22.3. The van der Waals surface area contributed by atoms with E-state index in [0.29, 0.717) is 11.3 Å². The number of aromatic nitrogens is 6. The van der Waals surface area contributed by atoms with Crippen molar-refractivity contribution in [3.8, 4) is 11.4 Å². The van der Waals surface area contributed by atoms with Gasteiger partial charge in [0, 0.05) is 16.6 Å². The molecule has 4 aromatic rings. The average Bonchev–Trinajstić information content (AvgIpc) is 3.32. The van der Waals surface area contributed by atoms with E-state index < -0.39 is 16.0 Å². The molecular weight excluding hydrogens is 428 g/mol. The minimum atomic E-state index is -4.41. The number of fused-ring (bicyclic) bond motifs is 1. The maximum atomic E-state index is 12.3. The Morgan fingerprint density at radius 2 is 1.97 bits per heavy atom. The molecule has 3 aromatic heterocycles. The zero-order valence-electron chi connectivity index (χ0n) is 17.2. The molecule has 0 unspecified atom stereocenters. The van der Waals surface area contributed by atoms with E-state index in [-0.39, 0.29) is 0 Å². The smallest absolute Gasteiger partial charge is 0.379 e. The fraction of sp³-hybridized carbons (Fsp3) is 0.278. The third kappa shape index (κ3) is 5.20. The van der Waals surface area contributed by atoms with E-state index in [1.165, 1.54) is 4.68 Å². The molecule has 0 fully saturated rings. The van der Waals surface area contributed by atoms with Gasteiger partial charge in [0.2, 0.25) is 22.4 Å². The first-order valence-corrected chi connectivity index (χ1v) is 10.4. The predicted molar refractivity (Wildman–Crippen MR) is 107 cm³/mol. The summed E-state index contributed by atoms with van der Waals surface area (Å²) in [6.45, 7) is 3.97. The van der Waals surface area contributed by atoms with Crippen LogP contribution in [0.25, 0.3) is 22.3 Å². The molecule has 1 aromatic carbocycles. The molecule has 164 valence electrons. The van der Waals surface area contributed by atoms with E-state index in [2.05, 4.69) is 19.5 Å². The van der Waals surface area contributed by atoms with Crippen molar-refractivity contribution in [2.75, 3.05) is 7.11 Å². The second kappa shape index (κ2) is 8.75. The third-order valence-electron chi connectivity index (χ3n) is 4.25. The molecule has 0 aliphatic rings. The van der Waals surface area contributed by atoms with E-state index in [1.54, 1.807) is 34.2 Å². The van der Waals surface area contributed by atoms with Crippen molar-refractivity contribution in [3.63, 3.8) is 0 Å². The van der Waals surface area contributed by atoms with Crippen molar-refractivity contribution >= 4 is 21.4 Å². The molecule has 31 heavy (non-hydrogen) atoms. The van der Waals surface area contributed by atoms with Crippen LogP contribution < -0.4 is 10.2 Å². The molecule has 0 saturated carbocycles. The second-order valence-corrected chi connectivity index (χ2v) is 7.60. The molecule has 0 saturated heterocycles. The fourth-order valence-corrected chi connectivity index (χ4v) is 2.72. The van der Waals surface area contributed by atoms with Gasteiger partial charge < -0.3 is 8.97 Å². The van der Waals surface area contributed by atoms with Gasteiger partial charge in [-0.3, -0.25) is 4.18 Å². The van der Waals surface area contributed by atoms with E-state index in [9.17, 15) is 17.8 Å². The van der Waals surface area contributed by atoms with Gasteiger partial charge >= 0.3 is 5.63 Å². The van der Waals surface area contributed by atoms with Gasteiger partial charge in [0.05, 0.1) is 31.2 Å². The summed E-state index contributed by atoms with van der Waals surface area (Å²) in [5.41, 5.74) is 2.98. The van der Waals surface area contributed by atoms with Crippen molar-refractivity contribution in [3.05, 3.63) is 58.7 Å². The first-order valence-electron chi connectivity index (χ1n) is 9.04. The highest BCUT2D eigenvalue weighted by molar-refractivity contribution is 7.80. The molecule has 0 spiro atoms. The molecule has 0 radical (unpaired) electrons. The molecule has 0 aliphatic carbocycles. The normalized spacial score (nSPS) is 11.4. The van der Waals surface area contributed by atoms with Gasteiger partial charge in [0.1, 0.15) is 5.58 Å². The van der Waals surface area contributed by atoms with Crippen LogP contribution in [0.3, 0.4) is 0 Å². The number of benzene rings is 1. The summed E-state index contributed by atoms with van der Waals surface area (Å²) in [7, 11) is -1.77. The van der Waals surface area contributed by atoms with Gasteiger partial charge in [-0.15, -0.1) is 0 Å². The van der Waals surface area contributed by atoms with E-state index in [0.717, 1.165) is 36.0 Å². The van der Waals surface area contributed by atoms with Crippen LogP contribution in [0.1, 0.15) is 18.3 Å². The molecule has 12 nitrogen and oxygen atoms in total. The summed E-state index contributed by atoms with van der Waals surface area (Å²) in [5, 5.41) is 13.8. The maximum Gasteiger partial charge on any atom is 0.379 e. The van der Waals surface area contributed by atoms with Gasteiger partial charge in [0.25, 0.3) is 6.33 Å². The largest absolute Gasteiger partial charge is 0.726 e. The van der Waals surface area contributed by atoms with Crippen molar-refractivity contribution in [2.24, 2.45) is 7.05 Å². The molecule has 13 heteroatoms. The Hall–Kier alpha value is -3.42. The summed E-state index contributed by atoms with van der Waals surface area (Å²) < 4.78 is 39.8. The Morgan fingerprint density at radius 1 is 1.26 bits per heavy atom. The van der Waals surface area contributed by atoms with E-state index in [4.69, 9.17) is 4.42 Å². The summed E-state index contributed by atoms with van der Waals surface area (Å²) >= 11 is 0. The number of rotatable bonds is 4. The SMILES string of the molecule is CCc1nn(-c2ccc3cc(-n4c[n+](C)cn4)c(=O)oc3c2)nc1C.COS(=O)(=O)[O-]. The zero-order chi connectivity index (χ0) is 22.8. The summed E-state index contributed by atoms with van der Waals surface area (Å²) in [4.78, 5) is 13.9. The van der Waals surface area contributed by atoms with Gasteiger partial charge in [0.15, 0.2) is 0 Å². The lowest BCUT2D eigenvalue weighted by molar-refractivity contribution is -0.672. The highest BCUT2D eigenvalue weighted by atomic mass is 32.3. The minimum absolute atomic E-state index is 0.363. The summed E-state index contributed by atoms with van der Waals surface area (Å²) in [6, 6.07) is 7.30. The maximum absolute atomic E-state index is 12.3. The van der Waals surface area contributed by atoms with Gasteiger partial charge in [-0.05, 0) is 31.5 Å². The van der Waals surface area contributed by atoms with E-state index in [1.807, 2.05) is 33.0 Å². The Balaban J connectivity index is 0.000000401. The minimum Gasteiger partial charge on any atom is -0.726 e. The zero-order valence-corrected chi connectivity index (χ0v) is 18.0. The lowest BCUT2D eigenvalue weighted by Crippen LogP contribution is -2.24. The molecule has 3 heterocycles. The highest BCUT2D eigenvalue weighted by Gasteiger charge is 2.15. The van der Waals surface area contributed by atoms with Crippen molar-refractivity contribution in [1.29, 1.82) is 0 Å². The van der Waals surface area contributed by atoms with Crippen LogP contribution in [0.15, 0.2) is 46.1 Å². The van der Waals surface area contributed by atoms with Crippen LogP contribution in [0.4, 0.5) is 0 Å². The Kier molecular flexibility index (Phi) is 6.29. The lowest BCUT2D eigenvalue weighted by atomic mass is 10.2. The number of hydrogen-bond donors (Lipinski definition) is 0. The van der Waals surface area contributed by atoms with Crippen LogP contribution in [-0.4, -0.2) is 44.9 Å². The van der Waals surface area contributed by atoms with Crippen LogP contribution in [0.2, 0.25) is 0 Å². The monoisotopic (exact) mass is 448 g/mol. The molecular formula is C18H20N6O6S. The van der Waals surface area contributed by atoms with Crippen molar-refractivity contribution in [1.82, 2.24) is 24.8 Å². The Morgan fingerprint density at radius 3 is 2.52 bits per heavy atom. The summed E-state index contributed by atoms with van der Waals surface area (Å²) in [5.74, 6) is 0. The molecule has 0 bridgehead atoms. The lowest BCUT2D eigenvalue weighted by Gasteiger charge is -2.02. The van der Waals surface area contributed by atoms with E-state index >= 15 is 0 Å². The quantitative estimate of drug-likeness (QED) is 0.186. The van der Waals surface area contributed by atoms with Gasteiger partial charge in [-0.1, -0.05) is 11.6 Å². The Labute approximate surface area is 177 Å². The van der Waals surface area contributed by atoms with Crippen LogP contribution in [0, 0.1) is 6.92 Å². The predicted octanol–water partition coefficient (Wildman–Crippen LogP) is 0.348. The van der Waals surface area contributed by atoms with Crippen LogP contribution >= 0.6 is 0 Å². The summed E-state index contributed by atoms with van der Waals surface area (Å²) in [6.07, 6.45) is 4.14. The third-order valence-corrected chi connectivity index (χ3v) is 4.65. The molecule has 0 N–H and O–H groups in total. The van der Waals surface area contributed by atoms with Crippen LogP contribution in [0.5, 0.6) is 0 Å². The van der Waals surface area contributed by atoms with Gasteiger partial charge in [-0.25, -0.2) is 17.8 Å². The number of aryl methyl sites for hydroxylation is 3. The van der Waals surface area contributed by atoms with Crippen LogP contribution in [-0.2, 0) is 28.1 Å². The topological polar surface area (TPSA) is 149 Å². The number of hydrogen-bond acceptors (Lipinski definition) is 9.